The monoisotopic (exact) mass is 301 g/mol. The van der Waals surface area contributed by atoms with Gasteiger partial charge in [0.25, 0.3) is 0 Å². The molecule has 3 nitrogen and oxygen atoms in total. The highest BCUT2D eigenvalue weighted by atomic mass is 79.9. The number of hydrogen-bond donors (Lipinski definition) is 0. The zero-order valence-corrected chi connectivity index (χ0v) is 11.9. The number of quaternary nitrogens is 1. The molecule has 0 rings (SSSR count). The molecule has 0 aliphatic heterocycles. The van der Waals surface area contributed by atoms with Crippen LogP contribution in [0.15, 0.2) is 0 Å². The minimum Gasteiger partial charge on any atom is -1.00 e. The molecule has 0 N–H and O–H groups in total. The third-order valence-corrected chi connectivity index (χ3v) is 4.08. The van der Waals surface area contributed by atoms with Gasteiger partial charge in [-0.2, -0.15) is 0 Å². The van der Waals surface area contributed by atoms with Gasteiger partial charge in [0.2, 0.25) is 0 Å². The molecule has 0 fully saturated rings. The molecule has 0 radical (unpaired) electrons. The number of rotatable bonds is 5. The van der Waals surface area contributed by atoms with E-state index in [1.165, 1.54) is 6.26 Å². The molecular formula is C8H16BrNO2S2. The molecule has 0 bridgehead atoms. The maximum absolute atomic E-state index is 10.8. The molecule has 0 saturated heterocycles. The van der Waals surface area contributed by atoms with Crippen LogP contribution >= 0.6 is 10.8 Å². The van der Waals surface area contributed by atoms with Crippen LogP contribution in [0.25, 0.3) is 0 Å². The van der Waals surface area contributed by atoms with Crippen LogP contribution in [0.3, 0.4) is 0 Å². The molecule has 0 unspecified atom stereocenters. The van der Waals surface area contributed by atoms with Crippen LogP contribution in [0.2, 0.25) is 0 Å². The van der Waals surface area contributed by atoms with Gasteiger partial charge in [-0.05, 0) is 16.7 Å². The average Bonchev–Trinajstić information content (AvgIpc) is 1.82. The first-order valence-corrected chi connectivity index (χ1v) is 7.26. The van der Waals surface area contributed by atoms with Gasteiger partial charge in [-0.25, -0.2) is 8.42 Å². The summed E-state index contributed by atoms with van der Waals surface area (Å²) >= 11 is 0. The Hall–Kier alpha value is 0.300. The lowest BCUT2D eigenvalue weighted by Crippen LogP contribution is -3.00. The van der Waals surface area contributed by atoms with Gasteiger partial charge in [-0.1, -0.05) is 0 Å². The van der Waals surface area contributed by atoms with Gasteiger partial charge >= 0.3 is 0 Å². The second kappa shape index (κ2) is 6.72. The van der Waals surface area contributed by atoms with Crippen LogP contribution in [0, 0.1) is 12.3 Å². The van der Waals surface area contributed by atoms with E-state index in [4.69, 9.17) is 6.42 Å². The predicted molar refractivity (Wildman–Crippen MR) is 58.0 cm³/mol. The van der Waals surface area contributed by atoms with E-state index in [2.05, 4.69) is 5.92 Å². The Kier molecular flexibility index (Phi) is 8.03. The standard InChI is InChI=1S/C8H16NO2S2.BrH/c1-5-6-9(2,3)7-8-12-13(4,10)11;/h1H,6-8H2,2-4H3;1H/q+1;/p-1. The Morgan fingerprint density at radius 2 is 1.93 bits per heavy atom. The lowest BCUT2D eigenvalue weighted by Gasteiger charge is -2.26. The molecule has 0 saturated carbocycles. The van der Waals surface area contributed by atoms with Crippen molar-refractivity contribution in [1.82, 2.24) is 0 Å². The first kappa shape index (κ1) is 16.7. The quantitative estimate of drug-likeness (QED) is 0.317. The Labute approximate surface area is 101 Å². The Morgan fingerprint density at radius 1 is 1.43 bits per heavy atom. The zero-order chi connectivity index (χ0) is 10.5. The van der Waals surface area contributed by atoms with E-state index in [1.54, 1.807) is 0 Å². The van der Waals surface area contributed by atoms with Crippen molar-refractivity contribution in [2.45, 2.75) is 0 Å². The second-order valence-corrected chi connectivity index (χ2v) is 8.12. The first-order chi connectivity index (χ1) is 5.77. The van der Waals surface area contributed by atoms with Crippen LogP contribution in [-0.4, -0.2) is 52.1 Å². The summed E-state index contributed by atoms with van der Waals surface area (Å²) in [5, 5.41) is 0. The third-order valence-electron chi connectivity index (χ3n) is 1.51. The molecule has 0 spiro atoms. The van der Waals surface area contributed by atoms with Crippen LogP contribution in [0.1, 0.15) is 0 Å². The summed E-state index contributed by atoms with van der Waals surface area (Å²) in [5.41, 5.74) is 0. The zero-order valence-electron chi connectivity index (χ0n) is 8.66. The molecule has 0 aromatic rings. The number of halogens is 1. The Bertz CT molecular complexity index is 293. The fourth-order valence-electron chi connectivity index (χ4n) is 0.762. The van der Waals surface area contributed by atoms with Crippen LogP contribution in [0.4, 0.5) is 0 Å². The molecule has 0 aliphatic rings. The van der Waals surface area contributed by atoms with Crippen LogP contribution in [-0.2, 0) is 8.87 Å². The number of terminal acetylenes is 1. The summed E-state index contributed by atoms with van der Waals surface area (Å²) in [6, 6.07) is 0. The van der Waals surface area contributed by atoms with Gasteiger partial charge in [0.1, 0.15) is 6.54 Å². The lowest BCUT2D eigenvalue weighted by atomic mass is 10.4. The smallest absolute Gasteiger partial charge is 0.198 e. The fraction of sp³-hybridized carbons (Fsp3) is 0.750. The van der Waals surface area contributed by atoms with E-state index in [0.717, 1.165) is 17.3 Å². The SMILES string of the molecule is C#CC[N+](C)(C)CCSS(C)(=O)=O.[Br-]. The van der Waals surface area contributed by atoms with E-state index in [1.807, 2.05) is 14.1 Å². The first-order valence-electron chi connectivity index (χ1n) is 3.87. The summed E-state index contributed by atoms with van der Waals surface area (Å²) in [4.78, 5) is 0. The lowest BCUT2D eigenvalue weighted by molar-refractivity contribution is -0.880. The maximum atomic E-state index is 10.8. The largest absolute Gasteiger partial charge is 1.00 e. The molecule has 0 aromatic carbocycles. The predicted octanol–water partition coefficient (Wildman–Crippen LogP) is -2.61. The van der Waals surface area contributed by atoms with Crippen molar-refractivity contribution in [3.05, 3.63) is 0 Å². The van der Waals surface area contributed by atoms with Crippen molar-refractivity contribution >= 4 is 19.7 Å². The summed E-state index contributed by atoms with van der Waals surface area (Å²) < 4.78 is 22.2. The molecular weight excluding hydrogens is 286 g/mol. The molecule has 14 heavy (non-hydrogen) atoms. The fourth-order valence-corrected chi connectivity index (χ4v) is 2.77. The van der Waals surface area contributed by atoms with E-state index in [0.29, 0.717) is 16.8 Å². The maximum Gasteiger partial charge on any atom is 0.198 e. The molecule has 0 aromatic heterocycles. The molecule has 0 heterocycles. The summed E-state index contributed by atoms with van der Waals surface area (Å²) in [5.74, 6) is 3.16. The van der Waals surface area contributed by atoms with Gasteiger partial charge in [0.15, 0.2) is 8.87 Å². The normalized spacial score (nSPS) is 11.6. The van der Waals surface area contributed by atoms with Gasteiger partial charge < -0.3 is 21.5 Å². The van der Waals surface area contributed by atoms with Crippen molar-refractivity contribution in [1.29, 1.82) is 0 Å². The van der Waals surface area contributed by atoms with Crippen molar-refractivity contribution in [3.8, 4) is 12.3 Å². The van der Waals surface area contributed by atoms with Crippen molar-refractivity contribution in [2.75, 3.05) is 39.2 Å². The van der Waals surface area contributed by atoms with E-state index < -0.39 is 8.87 Å². The Balaban J connectivity index is 0. The highest BCUT2D eigenvalue weighted by Crippen LogP contribution is 2.10. The summed E-state index contributed by atoms with van der Waals surface area (Å²) in [7, 11) is 2.05. The van der Waals surface area contributed by atoms with Crippen molar-refractivity contribution in [3.63, 3.8) is 0 Å². The molecule has 0 amide bonds. The highest BCUT2D eigenvalue weighted by Gasteiger charge is 2.14. The van der Waals surface area contributed by atoms with Gasteiger partial charge in [0.05, 0.1) is 26.4 Å². The molecule has 0 aliphatic carbocycles. The minimum atomic E-state index is -2.91. The van der Waals surface area contributed by atoms with Gasteiger partial charge in [-0.15, -0.1) is 6.42 Å². The number of hydrogen-bond acceptors (Lipinski definition) is 3. The van der Waals surface area contributed by atoms with E-state index in [-0.39, 0.29) is 17.0 Å². The second-order valence-electron chi connectivity index (χ2n) is 3.55. The van der Waals surface area contributed by atoms with Crippen LogP contribution in [0.5, 0.6) is 0 Å². The highest BCUT2D eigenvalue weighted by molar-refractivity contribution is 8.71. The molecule has 0 atom stereocenters. The minimum absolute atomic E-state index is 0. The average molecular weight is 302 g/mol. The summed E-state index contributed by atoms with van der Waals surface area (Å²) in [6.45, 7) is 1.40. The van der Waals surface area contributed by atoms with E-state index >= 15 is 0 Å². The van der Waals surface area contributed by atoms with Gasteiger partial charge in [0, 0.05) is 6.26 Å². The van der Waals surface area contributed by atoms with Gasteiger partial charge in [-0.3, -0.25) is 0 Å². The van der Waals surface area contributed by atoms with Crippen molar-refractivity contribution < 1.29 is 29.9 Å². The Morgan fingerprint density at radius 3 is 2.29 bits per heavy atom. The van der Waals surface area contributed by atoms with E-state index in [9.17, 15) is 8.42 Å². The number of nitrogens with zero attached hydrogens (tertiary/aromatic N) is 1. The van der Waals surface area contributed by atoms with Crippen molar-refractivity contribution in [2.24, 2.45) is 0 Å². The summed E-state index contributed by atoms with van der Waals surface area (Å²) in [6.07, 6.45) is 6.40. The topological polar surface area (TPSA) is 34.1 Å². The van der Waals surface area contributed by atoms with Crippen LogP contribution < -0.4 is 17.0 Å². The third kappa shape index (κ3) is 10.4. The molecule has 6 heteroatoms. The molecule has 84 valence electrons.